The van der Waals surface area contributed by atoms with Gasteiger partial charge in [-0.3, -0.25) is 0 Å². The van der Waals surface area contributed by atoms with Crippen molar-refractivity contribution < 1.29 is 9.53 Å². The van der Waals surface area contributed by atoms with Gasteiger partial charge in [-0.2, -0.15) is 0 Å². The maximum Gasteiger partial charge on any atom is 0.315 e. The quantitative estimate of drug-likeness (QED) is 0.883. The molecule has 0 bridgehead atoms. The lowest BCUT2D eigenvalue weighted by molar-refractivity contribution is -0.0691. The second-order valence-electron chi connectivity index (χ2n) is 8.29. The zero-order chi connectivity index (χ0) is 18.1. The third-order valence-electron chi connectivity index (χ3n) is 5.18. The van der Waals surface area contributed by atoms with Crippen LogP contribution in [0.1, 0.15) is 47.0 Å². The predicted molar refractivity (Wildman–Crippen MR) is 98.8 cm³/mol. The number of anilines is 1. The Morgan fingerprint density at radius 1 is 1.20 bits per heavy atom. The van der Waals surface area contributed by atoms with Crippen molar-refractivity contribution in [3.05, 3.63) is 24.4 Å². The van der Waals surface area contributed by atoms with E-state index in [0.717, 1.165) is 38.2 Å². The standard InChI is InChI=1S/C19H30N4O2/c1-18(2)13-15(19(3,4)25-18)22-17(24)21-14-8-11-23(12-9-14)16-7-5-6-10-20-16/h5-7,10,14-15H,8-9,11-13H2,1-4H3,(H2,21,22,24). The summed E-state index contributed by atoms with van der Waals surface area (Å²) in [7, 11) is 0. The fourth-order valence-corrected chi connectivity index (χ4v) is 3.97. The topological polar surface area (TPSA) is 66.5 Å². The Labute approximate surface area is 150 Å². The number of carbonyl (C=O) groups excluding carboxylic acids is 1. The Kier molecular flexibility index (Phi) is 4.91. The first kappa shape index (κ1) is 18.0. The summed E-state index contributed by atoms with van der Waals surface area (Å²) < 4.78 is 6.05. The zero-order valence-electron chi connectivity index (χ0n) is 15.7. The molecule has 1 aromatic heterocycles. The summed E-state index contributed by atoms with van der Waals surface area (Å²) in [4.78, 5) is 19.1. The number of nitrogens with zero attached hydrogens (tertiary/aromatic N) is 2. The summed E-state index contributed by atoms with van der Waals surface area (Å²) in [5, 5.41) is 6.24. The van der Waals surface area contributed by atoms with Gasteiger partial charge in [-0.05, 0) is 59.1 Å². The summed E-state index contributed by atoms with van der Waals surface area (Å²) in [5.74, 6) is 1.01. The molecule has 2 saturated heterocycles. The average molecular weight is 346 g/mol. The van der Waals surface area contributed by atoms with Gasteiger partial charge in [0.25, 0.3) is 0 Å². The summed E-state index contributed by atoms with van der Waals surface area (Å²) in [6.45, 7) is 10.0. The van der Waals surface area contributed by atoms with Crippen molar-refractivity contribution >= 4 is 11.8 Å². The number of carbonyl (C=O) groups is 1. The maximum atomic E-state index is 12.4. The third kappa shape index (κ3) is 4.42. The lowest BCUT2D eigenvalue weighted by atomic mass is 9.94. The first-order valence-electron chi connectivity index (χ1n) is 9.18. The fraction of sp³-hybridized carbons (Fsp3) is 0.684. The monoisotopic (exact) mass is 346 g/mol. The zero-order valence-corrected chi connectivity index (χ0v) is 15.7. The van der Waals surface area contributed by atoms with E-state index >= 15 is 0 Å². The molecule has 1 atom stereocenters. The van der Waals surface area contributed by atoms with Crippen molar-refractivity contribution in [1.82, 2.24) is 15.6 Å². The number of piperidine rings is 1. The minimum Gasteiger partial charge on any atom is -0.367 e. The smallest absolute Gasteiger partial charge is 0.315 e. The van der Waals surface area contributed by atoms with Crippen LogP contribution in [0.5, 0.6) is 0 Å². The number of hydrogen-bond donors (Lipinski definition) is 2. The van der Waals surface area contributed by atoms with Crippen LogP contribution in [0.15, 0.2) is 24.4 Å². The van der Waals surface area contributed by atoms with Gasteiger partial charge in [0.15, 0.2) is 0 Å². The lowest BCUT2D eigenvalue weighted by Gasteiger charge is -2.34. The van der Waals surface area contributed by atoms with E-state index in [1.54, 1.807) is 0 Å². The first-order chi connectivity index (χ1) is 11.8. The molecule has 3 heterocycles. The second kappa shape index (κ2) is 6.83. The molecule has 6 heteroatoms. The summed E-state index contributed by atoms with van der Waals surface area (Å²) in [5.41, 5.74) is -0.543. The van der Waals surface area contributed by atoms with Gasteiger partial charge in [0.2, 0.25) is 0 Å². The molecule has 6 nitrogen and oxygen atoms in total. The van der Waals surface area contributed by atoms with Crippen LogP contribution in [-0.4, -0.2) is 47.4 Å². The van der Waals surface area contributed by atoms with Crippen molar-refractivity contribution in [2.24, 2.45) is 0 Å². The van der Waals surface area contributed by atoms with Gasteiger partial charge >= 0.3 is 6.03 Å². The molecule has 2 N–H and O–H groups in total. The van der Waals surface area contributed by atoms with Gasteiger partial charge in [-0.15, -0.1) is 0 Å². The minimum absolute atomic E-state index is 0.0242. The molecule has 0 aliphatic carbocycles. The van der Waals surface area contributed by atoms with Crippen LogP contribution in [0.3, 0.4) is 0 Å². The molecule has 3 rings (SSSR count). The summed E-state index contributed by atoms with van der Waals surface area (Å²) in [6.07, 6.45) is 4.51. The number of ether oxygens (including phenoxy) is 1. The molecule has 25 heavy (non-hydrogen) atoms. The van der Waals surface area contributed by atoms with Crippen LogP contribution < -0.4 is 15.5 Å². The number of aromatic nitrogens is 1. The van der Waals surface area contributed by atoms with Crippen molar-refractivity contribution in [3.8, 4) is 0 Å². The Morgan fingerprint density at radius 3 is 2.48 bits per heavy atom. The maximum absolute atomic E-state index is 12.4. The predicted octanol–water partition coefficient (Wildman–Crippen LogP) is 2.70. The molecule has 0 spiro atoms. The molecule has 0 aromatic carbocycles. The van der Waals surface area contributed by atoms with Gasteiger partial charge < -0.3 is 20.3 Å². The highest BCUT2D eigenvalue weighted by Gasteiger charge is 2.46. The molecule has 1 aromatic rings. The Bertz CT molecular complexity index is 595. The van der Waals surface area contributed by atoms with Crippen molar-refractivity contribution in [3.63, 3.8) is 0 Å². The molecular weight excluding hydrogens is 316 g/mol. The van der Waals surface area contributed by atoms with Crippen LogP contribution >= 0.6 is 0 Å². The highest BCUT2D eigenvalue weighted by atomic mass is 16.5. The molecule has 0 radical (unpaired) electrons. The average Bonchev–Trinajstić information content (AvgIpc) is 2.75. The molecule has 2 amide bonds. The summed E-state index contributed by atoms with van der Waals surface area (Å²) in [6, 6.07) is 6.11. The van der Waals surface area contributed by atoms with Crippen LogP contribution in [0, 0.1) is 0 Å². The van der Waals surface area contributed by atoms with Crippen LogP contribution in [-0.2, 0) is 4.74 Å². The van der Waals surface area contributed by atoms with E-state index in [4.69, 9.17) is 4.74 Å². The molecule has 0 saturated carbocycles. The van der Waals surface area contributed by atoms with Crippen molar-refractivity contribution in [1.29, 1.82) is 0 Å². The van der Waals surface area contributed by atoms with Crippen LogP contribution in [0.25, 0.3) is 0 Å². The Hall–Kier alpha value is -1.82. The summed E-state index contributed by atoms with van der Waals surface area (Å²) >= 11 is 0. The molecular formula is C19H30N4O2. The molecule has 2 aliphatic rings. The molecule has 1 unspecified atom stereocenters. The number of pyridine rings is 1. The Balaban J connectivity index is 1.47. The van der Waals surface area contributed by atoms with Crippen LogP contribution in [0.2, 0.25) is 0 Å². The van der Waals surface area contributed by atoms with E-state index in [-0.39, 0.29) is 29.3 Å². The van der Waals surface area contributed by atoms with E-state index in [2.05, 4.69) is 34.4 Å². The minimum atomic E-state index is -0.344. The number of hydrogen-bond acceptors (Lipinski definition) is 4. The number of amides is 2. The normalized spacial score (nSPS) is 25.6. The van der Waals surface area contributed by atoms with Crippen LogP contribution in [0.4, 0.5) is 10.6 Å². The highest BCUT2D eigenvalue weighted by Crippen LogP contribution is 2.37. The Morgan fingerprint density at radius 2 is 1.92 bits per heavy atom. The first-order valence-corrected chi connectivity index (χ1v) is 9.18. The highest BCUT2D eigenvalue weighted by molar-refractivity contribution is 5.74. The van der Waals surface area contributed by atoms with Gasteiger partial charge in [0.05, 0.1) is 17.2 Å². The lowest BCUT2D eigenvalue weighted by Crippen LogP contribution is -2.53. The fourth-order valence-electron chi connectivity index (χ4n) is 3.97. The van der Waals surface area contributed by atoms with E-state index < -0.39 is 0 Å². The molecule has 138 valence electrons. The van der Waals surface area contributed by atoms with Gasteiger partial charge in [-0.25, -0.2) is 9.78 Å². The number of urea groups is 1. The van der Waals surface area contributed by atoms with Gasteiger partial charge in [0, 0.05) is 25.3 Å². The van der Waals surface area contributed by atoms with E-state index in [0.29, 0.717) is 0 Å². The van der Waals surface area contributed by atoms with E-state index in [1.807, 2.05) is 38.2 Å². The molecule has 2 fully saturated rings. The second-order valence-corrected chi connectivity index (χ2v) is 8.29. The van der Waals surface area contributed by atoms with E-state index in [1.165, 1.54) is 0 Å². The largest absolute Gasteiger partial charge is 0.367 e. The van der Waals surface area contributed by atoms with Gasteiger partial charge in [-0.1, -0.05) is 6.07 Å². The molecule has 2 aliphatic heterocycles. The van der Waals surface area contributed by atoms with Crippen molar-refractivity contribution in [2.45, 2.75) is 70.2 Å². The number of rotatable bonds is 3. The van der Waals surface area contributed by atoms with Crippen molar-refractivity contribution in [2.75, 3.05) is 18.0 Å². The number of nitrogens with one attached hydrogen (secondary N) is 2. The third-order valence-corrected chi connectivity index (χ3v) is 5.18. The van der Waals surface area contributed by atoms with Gasteiger partial charge in [0.1, 0.15) is 5.82 Å². The SMILES string of the molecule is CC1(C)CC(NC(=O)NC2CCN(c3ccccn3)CC2)C(C)(C)O1. The van der Waals surface area contributed by atoms with E-state index in [9.17, 15) is 4.79 Å².